The summed E-state index contributed by atoms with van der Waals surface area (Å²) < 4.78 is 1.83. The molecule has 3 rings (SSSR count). The Morgan fingerprint density at radius 2 is 2.30 bits per heavy atom. The van der Waals surface area contributed by atoms with Crippen molar-refractivity contribution in [2.24, 2.45) is 5.92 Å². The van der Waals surface area contributed by atoms with E-state index in [2.05, 4.69) is 5.10 Å². The first-order valence-corrected chi connectivity index (χ1v) is 7.97. The fourth-order valence-corrected chi connectivity index (χ4v) is 3.30. The van der Waals surface area contributed by atoms with Gasteiger partial charge in [0.15, 0.2) is 0 Å². The van der Waals surface area contributed by atoms with E-state index in [1.807, 2.05) is 22.6 Å². The summed E-state index contributed by atoms with van der Waals surface area (Å²) in [5.74, 6) is 0.525. The molecule has 1 unspecified atom stereocenters. The number of aromatic nitrogens is 2. The van der Waals surface area contributed by atoms with Gasteiger partial charge in [-0.15, -0.1) is 0 Å². The van der Waals surface area contributed by atoms with Crippen molar-refractivity contribution in [3.63, 3.8) is 0 Å². The molecule has 1 aliphatic rings. The zero-order chi connectivity index (χ0) is 16.4. The maximum Gasteiger partial charge on any atom is 0.280 e. The zero-order valence-corrected chi connectivity index (χ0v) is 13.1. The lowest BCUT2D eigenvalue weighted by atomic mass is 9.97. The molecular formula is C16H20N4O3. The Balaban J connectivity index is 1.80. The number of rotatable bonds is 4. The number of fused-ring (bicyclic) bond motifs is 1. The van der Waals surface area contributed by atoms with Gasteiger partial charge in [-0.3, -0.25) is 19.6 Å². The minimum atomic E-state index is -0.378. The fraction of sp³-hybridized carbons (Fsp3) is 0.500. The highest BCUT2D eigenvalue weighted by molar-refractivity contribution is 5.87. The number of nitrogens with zero attached hydrogens (tertiary/aromatic N) is 4. The van der Waals surface area contributed by atoms with Gasteiger partial charge < -0.3 is 4.90 Å². The number of nitro benzene ring substituents is 1. The van der Waals surface area contributed by atoms with Gasteiger partial charge in [0.05, 0.1) is 22.0 Å². The Hall–Kier alpha value is -2.44. The van der Waals surface area contributed by atoms with Crippen molar-refractivity contribution in [3.8, 4) is 0 Å². The number of hydrogen-bond donors (Lipinski definition) is 0. The molecule has 23 heavy (non-hydrogen) atoms. The van der Waals surface area contributed by atoms with E-state index < -0.39 is 0 Å². The number of piperidine rings is 1. The van der Waals surface area contributed by atoms with Crippen molar-refractivity contribution in [1.29, 1.82) is 0 Å². The molecule has 1 aromatic heterocycles. The number of amides is 1. The monoisotopic (exact) mass is 316 g/mol. The fourth-order valence-electron chi connectivity index (χ4n) is 3.30. The first-order chi connectivity index (χ1) is 11.1. The Bertz CT molecular complexity index is 740. The quantitative estimate of drug-likeness (QED) is 0.641. The summed E-state index contributed by atoms with van der Waals surface area (Å²) in [5, 5.41) is 16.0. The highest BCUT2D eigenvalue weighted by Crippen LogP contribution is 2.26. The molecule has 7 heteroatoms. The van der Waals surface area contributed by atoms with Crippen molar-refractivity contribution in [1.82, 2.24) is 14.7 Å². The van der Waals surface area contributed by atoms with Crippen LogP contribution in [0.15, 0.2) is 24.4 Å². The second kappa shape index (κ2) is 6.36. The van der Waals surface area contributed by atoms with Crippen LogP contribution >= 0.6 is 0 Å². The minimum Gasteiger partial charge on any atom is -0.342 e. The third kappa shape index (κ3) is 3.04. The van der Waals surface area contributed by atoms with Crippen LogP contribution in [0.4, 0.5) is 5.69 Å². The molecule has 0 spiro atoms. The first kappa shape index (κ1) is 15.5. The number of carbonyl (C=O) groups excluding carboxylic acids is 1. The van der Waals surface area contributed by atoms with Crippen LogP contribution in [-0.2, 0) is 11.3 Å². The average Bonchev–Trinajstić information content (AvgIpc) is 2.97. The Morgan fingerprint density at radius 1 is 1.48 bits per heavy atom. The highest BCUT2D eigenvalue weighted by atomic mass is 16.6. The van der Waals surface area contributed by atoms with Gasteiger partial charge in [-0.05, 0) is 24.8 Å². The number of non-ortho nitro benzene ring substituents is 1. The van der Waals surface area contributed by atoms with Gasteiger partial charge >= 0.3 is 0 Å². The van der Waals surface area contributed by atoms with Crippen molar-refractivity contribution in [2.45, 2.75) is 32.7 Å². The first-order valence-electron chi connectivity index (χ1n) is 7.97. The van der Waals surface area contributed by atoms with Crippen molar-refractivity contribution < 1.29 is 9.72 Å². The van der Waals surface area contributed by atoms with Crippen LogP contribution < -0.4 is 0 Å². The van der Waals surface area contributed by atoms with Crippen molar-refractivity contribution in [2.75, 3.05) is 13.1 Å². The predicted octanol–water partition coefficient (Wildman–Crippen LogP) is 2.59. The predicted molar refractivity (Wildman–Crippen MR) is 86.0 cm³/mol. The van der Waals surface area contributed by atoms with Crippen LogP contribution in [0.5, 0.6) is 0 Å². The topological polar surface area (TPSA) is 81.3 Å². The van der Waals surface area contributed by atoms with E-state index in [4.69, 9.17) is 0 Å². The summed E-state index contributed by atoms with van der Waals surface area (Å²) in [6, 6.07) is 5.04. The number of carbonyl (C=O) groups is 1. The Labute approximate surface area is 134 Å². The summed E-state index contributed by atoms with van der Waals surface area (Å²) in [4.78, 5) is 24.5. The second-order valence-electron chi connectivity index (χ2n) is 6.00. The van der Waals surface area contributed by atoms with E-state index in [-0.39, 0.29) is 16.5 Å². The molecule has 122 valence electrons. The molecule has 1 aromatic carbocycles. The molecule has 7 nitrogen and oxygen atoms in total. The third-order valence-corrected chi connectivity index (χ3v) is 4.47. The highest BCUT2D eigenvalue weighted by Gasteiger charge is 2.24. The van der Waals surface area contributed by atoms with Gasteiger partial charge in [0.2, 0.25) is 5.91 Å². The molecule has 0 saturated carbocycles. The third-order valence-electron chi connectivity index (χ3n) is 4.47. The van der Waals surface area contributed by atoms with Crippen LogP contribution in [-0.4, -0.2) is 38.6 Å². The average molecular weight is 316 g/mol. The van der Waals surface area contributed by atoms with Crippen LogP contribution in [0.3, 0.4) is 0 Å². The SMILES string of the molecule is CCC(=O)N1CCCC(Cn2ncc3c([N+](=O)[O-])cccc32)C1. The van der Waals surface area contributed by atoms with E-state index in [1.54, 1.807) is 12.3 Å². The van der Waals surface area contributed by atoms with Gasteiger partial charge in [-0.1, -0.05) is 13.0 Å². The molecule has 0 radical (unpaired) electrons. The molecule has 1 saturated heterocycles. The van der Waals surface area contributed by atoms with E-state index in [0.717, 1.165) is 31.4 Å². The summed E-state index contributed by atoms with van der Waals surface area (Å²) in [6.45, 7) is 4.13. The summed E-state index contributed by atoms with van der Waals surface area (Å²) in [7, 11) is 0. The molecular weight excluding hydrogens is 296 g/mol. The second-order valence-corrected chi connectivity index (χ2v) is 6.00. The van der Waals surface area contributed by atoms with Crippen LogP contribution in [0, 0.1) is 16.0 Å². The molecule has 1 fully saturated rings. The lowest BCUT2D eigenvalue weighted by Crippen LogP contribution is -2.40. The van der Waals surface area contributed by atoms with E-state index >= 15 is 0 Å². The summed E-state index contributed by atoms with van der Waals surface area (Å²) >= 11 is 0. The molecule has 1 aliphatic heterocycles. The molecule has 0 bridgehead atoms. The molecule has 2 aromatic rings. The standard InChI is InChI=1S/C16H20N4O3/c1-2-16(21)18-8-4-5-12(10-18)11-19-14-6-3-7-15(20(22)23)13(14)9-17-19/h3,6-7,9,12H,2,4-5,8,10-11H2,1H3. The zero-order valence-electron chi connectivity index (χ0n) is 13.1. The number of likely N-dealkylation sites (tertiary alicyclic amines) is 1. The van der Waals surface area contributed by atoms with Crippen LogP contribution in [0.1, 0.15) is 26.2 Å². The number of benzene rings is 1. The van der Waals surface area contributed by atoms with Crippen molar-refractivity contribution >= 4 is 22.5 Å². The molecule has 0 aliphatic carbocycles. The van der Waals surface area contributed by atoms with Gasteiger partial charge in [-0.2, -0.15) is 5.10 Å². The molecule has 1 atom stereocenters. The van der Waals surface area contributed by atoms with Gasteiger partial charge in [0.25, 0.3) is 5.69 Å². The molecule has 2 heterocycles. The summed E-state index contributed by atoms with van der Waals surface area (Å²) in [5.41, 5.74) is 0.860. The van der Waals surface area contributed by atoms with E-state index in [1.165, 1.54) is 6.07 Å². The van der Waals surface area contributed by atoms with Gasteiger partial charge in [0, 0.05) is 32.1 Å². The van der Waals surface area contributed by atoms with E-state index in [0.29, 0.717) is 24.3 Å². The normalized spacial score (nSPS) is 18.3. The molecule has 1 amide bonds. The van der Waals surface area contributed by atoms with Crippen LogP contribution in [0.2, 0.25) is 0 Å². The van der Waals surface area contributed by atoms with E-state index in [9.17, 15) is 14.9 Å². The van der Waals surface area contributed by atoms with Gasteiger partial charge in [0.1, 0.15) is 0 Å². The maximum absolute atomic E-state index is 11.9. The van der Waals surface area contributed by atoms with Crippen molar-refractivity contribution in [3.05, 3.63) is 34.5 Å². The molecule has 0 N–H and O–H groups in total. The Kier molecular flexibility index (Phi) is 4.27. The number of hydrogen-bond acceptors (Lipinski definition) is 4. The smallest absolute Gasteiger partial charge is 0.280 e. The maximum atomic E-state index is 11.9. The van der Waals surface area contributed by atoms with Crippen LogP contribution in [0.25, 0.3) is 10.9 Å². The van der Waals surface area contributed by atoms with Gasteiger partial charge in [-0.25, -0.2) is 0 Å². The largest absolute Gasteiger partial charge is 0.342 e. The lowest BCUT2D eigenvalue weighted by molar-refractivity contribution is -0.383. The lowest BCUT2D eigenvalue weighted by Gasteiger charge is -2.32. The number of nitro groups is 1. The summed E-state index contributed by atoms with van der Waals surface area (Å²) in [6.07, 6.45) is 4.13. The Morgan fingerprint density at radius 3 is 3.04 bits per heavy atom. The minimum absolute atomic E-state index is 0.0835.